The number of hydrogen-bond donors (Lipinski definition) is 1. The first-order valence-electron chi connectivity index (χ1n) is 6.81. The van der Waals surface area contributed by atoms with Gasteiger partial charge in [-0.15, -0.1) is 0 Å². The summed E-state index contributed by atoms with van der Waals surface area (Å²) in [5.41, 5.74) is 1.84. The van der Waals surface area contributed by atoms with Crippen molar-refractivity contribution in [3.63, 3.8) is 0 Å². The van der Waals surface area contributed by atoms with Crippen LogP contribution in [0.2, 0.25) is 0 Å². The lowest BCUT2D eigenvalue weighted by Gasteiger charge is -2.06. The zero-order valence-corrected chi connectivity index (χ0v) is 12.0. The van der Waals surface area contributed by atoms with Crippen LogP contribution in [0, 0.1) is 0 Å². The Kier molecular flexibility index (Phi) is 4.19. The predicted molar refractivity (Wildman–Crippen MR) is 82.7 cm³/mol. The molecule has 2 heterocycles. The lowest BCUT2D eigenvalue weighted by atomic mass is 10.3. The van der Waals surface area contributed by atoms with Crippen molar-refractivity contribution >= 4 is 28.6 Å². The maximum atomic E-state index is 11.9. The SMILES string of the molecule is O=C(COC(=O)c1cnc2ccccc2n1)Nc1cccnc1. The van der Waals surface area contributed by atoms with Crippen molar-refractivity contribution in [1.29, 1.82) is 0 Å². The monoisotopic (exact) mass is 308 g/mol. The number of pyridine rings is 1. The molecule has 3 rings (SSSR count). The van der Waals surface area contributed by atoms with Crippen LogP contribution in [-0.4, -0.2) is 33.4 Å². The molecule has 0 aliphatic heterocycles. The normalized spacial score (nSPS) is 10.3. The Hall–Kier alpha value is -3.35. The van der Waals surface area contributed by atoms with Gasteiger partial charge in [-0.25, -0.2) is 9.78 Å². The number of nitrogens with one attached hydrogen (secondary N) is 1. The number of para-hydroxylation sites is 2. The van der Waals surface area contributed by atoms with Gasteiger partial charge >= 0.3 is 5.97 Å². The third-order valence-electron chi connectivity index (χ3n) is 2.94. The van der Waals surface area contributed by atoms with Crippen LogP contribution in [0.5, 0.6) is 0 Å². The average molecular weight is 308 g/mol. The summed E-state index contributed by atoms with van der Waals surface area (Å²) in [6, 6.07) is 10.5. The van der Waals surface area contributed by atoms with E-state index in [9.17, 15) is 9.59 Å². The highest BCUT2D eigenvalue weighted by atomic mass is 16.5. The second-order valence-electron chi connectivity index (χ2n) is 4.61. The van der Waals surface area contributed by atoms with Crippen molar-refractivity contribution in [2.24, 2.45) is 0 Å². The van der Waals surface area contributed by atoms with Gasteiger partial charge in [-0.1, -0.05) is 12.1 Å². The number of fused-ring (bicyclic) bond motifs is 1. The van der Waals surface area contributed by atoms with E-state index >= 15 is 0 Å². The van der Waals surface area contributed by atoms with Gasteiger partial charge in [0.2, 0.25) is 0 Å². The summed E-state index contributed by atoms with van der Waals surface area (Å²) in [6.45, 7) is -0.414. The highest BCUT2D eigenvalue weighted by Gasteiger charge is 2.13. The zero-order valence-electron chi connectivity index (χ0n) is 12.0. The number of hydrogen-bond acceptors (Lipinski definition) is 6. The topological polar surface area (TPSA) is 94.1 Å². The smallest absolute Gasteiger partial charge is 0.359 e. The van der Waals surface area contributed by atoms with Crippen molar-refractivity contribution in [1.82, 2.24) is 15.0 Å². The minimum Gasteiger partial charge on any atom is -0.451 e. The molecule has 23 heavy (non-hydrogen) atoms. The second kappa shape index (κ2) is 6.61. The number of anilines is 1. The number of carbonyl (C=O) groups excluding carboxylic acids is 2. The summed E-state index contributed by atoms with van der Waals surface area (Å²) in [7, 11) is 0. The van der Waals surface area contributed by atoms with Crippen molar-refractivity contribution in [2.75, 3.05) is 11.9 Å². The van der Waals surface area contributed by atoms with Crippen LogP contribution in [0.25, 0.3) is 11.0 Å². The maximum Gasteiger partial charge on any atom is 0.359 e. The van der Waals surface area contributed by atoms with Crippen LogP contribution >= 0.6 is 0 Å². The van der Waals surface area contributed by atoms with E-state index in [-0.39, 0.29) is 5.69 Å². The Bertz CT molecular complexity index is 852. The molecule has 7 nitrogen and oxygen atoms in total. The third kappa shape index (κ3) is 3.65. The number of esters is 1. The molecule has 7 heteroatoms. The van der Waals surface area contributed by atoms with Gasteiger partial charge in [0.25, 0.3) is 5.91 Å². The molecule has 0 fully saturated rings. The van der Waals surface area contributed by atoms with E-state index in [1.54, 1.807) is 36.5 Å². The molecule has 3 aromatic rings. The lowest BCUT2D eigenvalue weighted by Crippen LogP contribution is -2.21. The van der Waals surface area contributed by atoms with Crippen molar-refractivity contribution in [2.45, 2.75) is 0 Å². The summed E-state index contributed by atoms with van der Waals surface area (Å²) in [4.78, 5) is 35.8. The Morgan fingerprint density at radius 3 is 2.65 bits per heavy atom. The van der Waals surface area contributed by atoms with Crippen molar-refractivity contribution in [3.8, 4) is 0 Å². The van der Waals surface area contributed by atoms with E-state index in [0.717, 1.165) is 0 Å². The molecule has 114 valence electrons. The van der Waals surface area contributed by atoms with Crippen LogP contribution in [0.4, 0.5) is 5.69 Å². The molecular weight excluding hydrogens is 296 g/mol. The summed E-state index contributed by atoms with van der Waals surface area (Å²) in [6.07, 6.45) is 4.41. The number of carbonyl (C=O) groups is 2. The van der Waals surface area contributed by atoms with Crippen molar-refractivity contribution in [3.05, 3.63) is 60.7 Å². The van der Waals surface area contributed by atoms with E-state index < -0.39 is 18.5 Å². The van der Waals surface area contributed by atoms with Gasteiger partial charge in [-0.2, -0.15) is 0 Å². The van der Waals surface area contributed by atoms with Crippen LogP contribution in [0.15, 0.2) is 55.0 Å². The van der Waals surface area contributed by atoms with E-state index in [1.807, 2.05) is 6.07 Å². The van der Waals surface area contributed by atoms with Crippen LogP contribution in [0.3, 0.4) is 0 Å². The fraction of sp³-hybridized carbons (Fsp3) is 0.0625. The minimum absolute atomic E-state index is 0.0536. The maximum absolute atomic E-state index is 11.9. The largest absolute Gasteiger partial charge is 0.451 e. The fourth-order valence-electron chi connectivity index (χ4n) is 1.89. The molecule has 0 atom stereocenters. The predicted octanol–water partition coefficient (Wildman–Crippen LogP) is 1.82. The van der Waals surface area contributed by atoms with Crippen molar-refractivity contribution < 1.29 is 14.3 Å². The summed E-state index contributed by atoms with van der Waals surface area (Å²) >= 11 is 0. The van der Waals surface area contributed by atoms with E-state index in [2.05, 4.69) is 20.3 Å². The van der Waals surface area contributed by atoms with Gasteiger partial charge in [-0.05, 0) is 24.3 Å². The fourth-order valence-corrected chi connectivity index (χ4v) is 1.89. The van der Waals surface area contributed by atoms with Gasteiger partial charge in [0, 0.05) is 6.20 Å². The zero-order chi connectivity index (χ0) is 16.1. The van der Waals surface area contributed by atoms with Crippen LogP contribution < -0.4 is 5.32 Å². The first-order valence-corrected chi connectivity index (χ1v) is 6.81. The number of ether oxygens (including phenoxy) is 1. The Morgan fingerprint density at radius 1 is 1.04 bits per heavy atom. The first kappa shape index (κ1) is 14.6. The molecule has 0 saturated heterocycles. The van der Waals surface area contributed by atoms with E-state index in [4.69, 9.17) is 4.74 Å². The standard InChI is InChI=1S/C16H12N4O3/c21-15(19-11-4-3-7-17-8-11)10-23-16(22)14-9-18-12-5-1-2-6-13(12)20-14/h1-9H,10H2,(H,19,21). The Balaban J connectivity index is 1.61. The Morgan fingerprint density at radius 2 is 1.87 bits per heavy atom. The minimum atomic E-state index is -0.704. The molecule has 1 amide bonds. The lowest BCUT2D eigenvalue weighted by molar-refractivity contribution is -0.119. The molecule has 0 spiro atoms. The van der Waals surface area contributed by atoms with Crippen LogP contribution in [0.1, 0.15) is 10.5 Å². The van der Waals surface area contributed by atoms with Gasteiger partial charge < -0.3 is 10.1 Å². The highest BCUT2D eigenvalue weighted by Crippen LogP contribution is 2.09. The van der Waals surface area contributed by atoms with Gasteiger partial charge in [-0.3, -0.25) is 14.8 Å². The summed E-state index contributed by atoms with van der Waals surface area (Å²) in [5.74, 6) is -1.16. The van der Waals surface area contributed by atoms with E-state index in [1.165, 1.54) is 12.4 Å². The molecular formula is C16H12N4O3. The quantitative estimate of drug-likeness (QED) is 0.739. The third-order valence-corrected chi connectivity index (χ3v) is 2.94. The molecule has 1 N–H and O–H groups in total. The number of benzene rings is 1. The molecule has 0 radical (unpaired) electrons. The second-order valence-corrected chi connectivity index (χ2v) is 4.61. The molecule has 0 aliphatic carbocycles. The van der Waals surface area contributed by atoms with Gasteiger partial charge in [0.05, 0.1) is 29.1 Å². The number of aromatic nitrogens is 3. The molecule has 2 aromatic heterocycles. The Labute approximate surface area is 131 Å². The number of nitrogens with zero attached hydrogens (tertiary/aromatic N) is 3. The van der Waals surface area contributed by atoms with Crippen LogP contribution in [-0.2, 0) is 9.53 Å². The molecule has 0 saturated carbocycles. The van der Waals surface area contributed by atoms with E-state index in [0.29, 0.717) is 16.7 Å². The first-order chi connectivity index (χ1) is 11.2. The number of amides is 1. The molecule has 0 unspecified atom stereocenters. The summed E-state index contributed by atoms with van der Waals surface area (Å²) < 4.78 is 4.94. The van der Waals surface area contributed by atoms with Gasteiger partial charge in [0.1, 0.15) is 0 Å². The van der Waals surface area contributed by atoms with Gasteiger partial charge in [0.15, 0.2) is 12.3 Å². The number of rotatable bonds is 4. The molecule has 1 aromatic carbocycles. The molecule has 0 aliphatic rings. The average Bonchev–Trinajstić information content (AvgIpc) is 2.60. The highest BCUT2D eigenvalue weighted by molar-refractivity contribution is 5.95. The summed E-state index contributed by atoms with van der Waals surface area (Å²) in [5, 5.41) is 2.56. The molecule has 0 bridgehead atoms.